The quantitative estimate of drug-likeness (QED) is 0.0644. The number of halogens is 2. The lowest BCUT2D eigenvalue weighted by Crippen LogP contribution is -2.50. The van der Waals surface area contributed by atoms with E-state index in [4.69, 9.17) is 15.2 Å². The molecule has 19 nitrogen and oxygen atoms in total. The van der Waals surface area contributed by atoms with E-state index in [9.17, 15) is 38.3 Å². The molecule has 1 saturated heterocycles. The Balaban J connectivity index is 0.948. The molecule has 0 radical (unpaired) electrons. The van der Waals surface area contributed by atoms with Crippen LogP contribution in [0, 0.1) is 11.7 Å². The molecule has 362 valence electrons. The number of alkyl carbamates (subject to hydrolysis) is 1. The van der Waals surface area contributed by atoms with Crippen LogP contribution in [0.4, 0.5) is 28.9 Å². The SMILES string of the molecule is CCN1C=C(C(=O)O)C(=O)C2C=C(F)C(N3CCN(C(=O)OCc4ccc(NC(=O)C(CCCNC(N)=O)n5cc(C(Cc6ccc(F)cc6)NC(=O)OCc6ccccc6)nn5)cc4)CC3)=CC21. The van der Waals surface area contributed by atoms with Gasteiger partial charge in [0.05, 0.1) is 29.9 Å². The zero-order valence-electron chi connectivity index (χ0n) is 37.6. The summed E-state index contributed by atoms with van der Waals surface area (Å²) in [5.74, 6) is -4.48. The fraction of sp³-hybridized carbons (Fsp3) is 0.333. The highest BCUT2D eigenvalue weighted by Crippen LogP contribution is 2.35. The molecule has 4 aromatic rings. The van der Waals surface area contributed by atoms with Crippen LogP contribution in [0.2, 0.25) is 0 Å². The Hall–Kier alpha value is -8.10. The third kappa shape index (κ3) is 12.7. The molecule has 69 heavy (non-hydrogen) atoms. The number of likely N-dealkylation sites (N-methyl/N-ethyl adjacent to an activating group) is 1. The van der Waals surface area contributed by atoms with Gasteiger partial charge in [0.2, 0.25) is 5.91 Å². The van der Waals surface area contributed by atoms with Gasteiger partial charge in [0.1, 0.15) is 42.2 Å². The largest absolute Gasteiger partial charge is 0.478 e. The zero-order chi connectivity index (χ0) is 49.0. The first-order valence-corrected chi connectivity index (χ1v) is 22.3. The fourth-order valence-electron chi connectivity index (χ4n) is 8.20. The van der Waals surface area contributed by atoms with Crippen molar-refractivity contribution >= 4 is 41.6 Å². The molecule has 2 aliphatic heterocycles. The number of ketones is 1. The Morgan fingerprint density at radius 3 is 2.25 bits per heavy atom. The van der Waals surface area contributed by atoms with E-state index in [1.807, 2.05) is 37.3 Å². The number of fused-ring (bicyclic) bond motifs is 1. The summed E-state index contributed by atoms with van der Waals surface area (Å²) in [4.78, 5) is 80.9. The molecule has 6 N–H and O–H groups in total. The number of carbonyl (C=O) groups is 6. The monoisotopic (exact) mass is 950 g/mol. The predicted molar refractivity (Wildman–Crippen MR) is 245 cm³/mol. The molecule has 0 bridgehead atoms. The second kappa shape index (κ2) is 22.6. The second-order valence-electron chi connectivity index (χ2n) is 16.5. The number of piperazine rings is 1. The Kier molecular flexibility index (Phi) is 16.0. The minimum atomic E-state index is -1.36. The molecule has 1 aromatic heterocycles. The van der Waals surface area contributed by atoms with Crippen LogP contribution in [0.15, 0.2) is 121 Å². The molecule has 3 aromatic carbocycles. The number of nitrogens with two attached hydrogens (primary N) is 1. The van der Waals surface area contributed by atoms with Crippen LogP contribution < -0.4 is 21.7 Å². The van der Waals surface area contributed by atoms with E-state index in [0.717, 1.165) is 5.56 Å². The maximum atomic E-state index is 15.4. The molecule has 4 unspecified atom stereocenters. The molecule has 0 spiro atoms. The van der Waals surface area contributed by atoms with Crippen molar-refractivity contribution in [3.8, 4) is 0 Å². The van der Waals surface area contributed by atoms with Crippen molar-refractivity contribution in [3.05, 3.63) is 149 Å². The summed E-state index contributed by atoms with van der Waals surface area (Å²) >= 11 is 0. The van der Waals surface area contributed by atoms with Gasteiger partial charge in [-0.2, -0.15) is 0 Å². The van der Waals surface area contributed by atoms with Gasteiger partial charge in [0.15, 0.2) is 5.78 Å². The van der Waals surface area contributed by atoms with E-state index < -0.39 is 71.6 Å². The summed E-state index contributed by atoms with van der Waals surface area (Å²) in [5.41, 5.74) is 7.98. The van der Waals surface area contributed by atoms with Gasteiger partial charge in [-0.25, -0.2) is 32.6 Å². The van der Waals surface area contributed by atoms with Gasteiger partial charge in [-0.05, 0) is 79.3 Å². The van der Waals surface area contributed by atoms with Crippen LogP contribution in [0.1, 0.15) is 54.2 Å². The van der Waals surface area contributed by atoms with Crippen LogP contribution in [0.3, 0.4) is 0 Å². The highest BCUT2D eigenvalue weighted by atomic mass is 19.1. The number of ether oxygens (including phenoxy) is 2. The van der Waals surface area contributed by atoms with E-state index in [1.165, 1.54) is 40.2 Å². The van der Waals surface area contributed by atoms with Gasteiger partial charge >= 0.3 is 24.2 Å². The number of nitrogens with one attached hydrogen (secondary N) is 3. The standard InChI is InChI=1S/C48H52F2N10O9/c1-2-57-26-36(45(63)64)43(61)35-24-37(50)42(25-41(35)57)58-19-21-59(22-20-58)48(67)69-29-32-12-16-34(17-13-32)53-44(62)40(9-6-18-52-46(51)65)60-27-39(55-56-60)38(23-30-10-14-33(49)15-11-30)54-47(66)68-28-31-7-4-3-5-8-31/h3-5,7-8,10-17,24-27,35,38,40-41H,2,6,9,18-23,28-29H2,1H3,(H,53,62)(H,54,66)(H,63,64)(H3,51,52,65). The summed E-state index contributed by atoms with van der Waals surface area (Å²) in [6.45, 7) is 3.41. The average Bonchev–Trinajstić information content (AvgIpc) is 3.84. The van der Waals surface area contributed by atoms with Crippen molar-refractivity contribution in [2.24, 2.45) is 11.7 Å². The molecular formula is C48H52F2N10O9. The lowest BCUT2D eigenvalue weighted by molar-refractivity contribution is -0.136. The molecule has 1 aliphatic carbocycles. The van der Waals surface area contributed by atoms with E-state index in [-0.39, 0.29) is 57.0 Å². The van der Waals surface area contributed by atoms with E-state index >= 15 is 4.39 Å². The van der Waals surface area contributed by atoms with Crippen LogP contribution >= 0.6 is 0 Å². The van der Waals surface area contributed by atoms with Gasteiger partial charge < -0.3 is 51.0 Å². The number of allylic oxidation sites excluding steroid dienone is 1. The number of carbonyl (C=O) groups excluding carboxylic acids is 5. The Morgan fingerprint density at radius 1 is 0.884 bits per heavy atom. The summed E-state index contributed by atoms with van der Waals surface area (Å²) in [5, 5.41) is 26.3. The third-order valence-electron chi connectivity index (χ3n) is 11.9. The Morgan fingerprint density at radius 2 is 1.57 bits per heavy atom. The summed E-state index contributed by atoms with van der Waals surface area (Å²) < 4.78 is 41.6. The molecule has 21 heteroatoms. The highest BCUT2D eigenvalue weighted by molar-refractivity contribution is 6.18. The molecule has 7 rings (SSSR count). The number of aliphatic carboxylic acids is 1. The van der Waals surface area contributed by atoms with Gasteiger partial charge in [0.25, 0.3) is 0 Å². The zero-order valence-corrected chi connectivity index (χ0v) is 37.6. The summed E-state index contributed by atoms with van der Waals surface area (Å²) in [7, 11) is 0. The normalized spacial score (nSPS) is 17.6. The smallest absolute Gasteiger partial charge is 0.410 e. The number of hydrogen-bond donors (Lipinski definition) is 5. The lowest BCUT2D eigenvalue weighted by atomic mass is 9.82. The number of urea groups is 1. The first kappa shape index (κ1) is 48.8. The number of hydrogen-bond acceptors (Lipinski definition) is 12. The lowest BCUT2D eigenvalue weighted by Gasteiger charge is -2.42. The van der Waals surface area contributed by atoms with Crippen molar-refractivity contribution < 1.29 is 52.1 Å². The maximum absolute atomic E-state index is 15.4. The predicted octanol–water partition coefficient (Wildman–Crippen LogP) is 5.12. The molecular weight excluding hydrogens is 899 g/mol. The first-order chi connectivity index (χ1) is 33.3. The summed E-state index contributed by atoms with van der Waals surface area (Å²) in [6.07, 6.45) is 5.09. The topological polar surface area (TPSA) is 244 Å². The number of aromatic nitrogens is 3. The van der Waals surface area contributed by atoms with Crippen molar-refractivity contribution in [3.63, 3.8) is 0 Å². The second-order valence-corrected chi connectivity index (χ2v) is 16.5. The number of nitrogens with zero attached hydrogens (tertiary/aromatic N) is 6. The molecule has 5 amide bonds. The van der Waals surface area contributed by atoms with Gasteiger partial charge in [0, 0.05) is 51.2 Å². The number of anilines is 1. The van der Waals surface area contributed by atoms with E-state index in [2.05, 4.69) is 26.3 Å². The van der Waals surface area contributed by atoms with Gasteiger partial charge in [-0.15, -0.1) is 5.10 Å². The summed E-state index contributed by atoms with van der Waals surface area (Å²) in [6, 6.07) is 18.6. The van der Waals surface area contributed by atoms with Crippen LogP contribution in [-0.2, 0) is 43.5 Å². The van der Waals surface area contributed by atoms with Crippen LogP contribution in [-0.4, -0.2) is 116 Å². The van der Waals surface area contributed by atoms with Gasteiger partial charge in [-0.1, -0.05) is 59.8 Å². The first-order valence-electron chi connectivity index (χ1n) is 22.3. The Labute approximate surface area is 395 Å². The molecule has 3 aliphatic rings. The minimum Gasteiger partial charge on any atom is -0.478 e. The highest BCUT2D eigenvalue weighted by Gasteiger charge is 2.41. The van der Waals surface area contributed by atoms with Crippen molar-refractivity contribution in [2.45, 2.75) is 57.5 Å². The molecule has 4 atom stereocenters. The van der Waals surface area contributed by atoms with E-state index in [1.54, 1.807) is 52.3 Å². The van der Waals surface area contributed by atoms with Crippen molar-refractivity contribution in [1.29, 1.82) is 0 Å². The van der Waals surface area contributed by atoms with Crippen LogP contribution in [0.5, 0.6) is 0 Å². The number of amides is 5. The number of carboxylic acids is 1. The third-order valence-corrected chi connectivity index (χ3v) is 11.9. The van der Waals surface area contributed by atoms with Gasteiger partial charge in [-0.3, -0.25) is 9.59 Å². The molecule has 1 fully saturated rings. The van der Waals surface area contributed by atoms with E-state index in [0.29, 0.717) is 48.6 Å². The van der Waals surface area contributed by atoms with Crippen molar-refractivity contribution in [1.82, 2.24) is 40.3 Å². The maximum Gasteiger partial charge on any atom is 0.410 e. The van der Waals surface area contributed by atoms with Crippen LogP contribution in [0.25, 0.3) is 0 Å². The average molecular weight is 951 g/mol. The van der Waals surface area contributed by atoms with Crippen molar-refractivity contribution in [2.75, 3.05) is 44.6 Å². The molecule has 3 heterocycles. The Bertz CT molecular complexity index is 2600. The number of carboxylic acid groups (broad SMARTS) is 1. The fourth-order valence-corrected chi connectivity index (χ4v) is 8.20. The number of primary amides is 1. The number of benzene rings is 3. The number of Topliss-reactive ketones (excluding diaryl/α,β-unsaturated/α-hetero) is 1. The minimum absolute atomic E-state index is 0.0165. The number of rotatable bonds is 18. The molecule has 0 saturated carbocycles.